The summed E-state index contributed by atoms with van der Waals surface area (Å²) in [4.78, 5) is 11.6. The lowest BCUT2D eigenvalue weighted by molar-refractivity contribution is 0.275. The average Bonchev–Trinajstić information content (AvgIpc) is 2.59. The van der Waals surface area contributed by atoms with Crippen LogP contribution < -0.4 is 5.69 Å². The normalized spacial score (nSPS) is 10.6. The van der Waals surface area contributed by atoms with Gasteiger partial charge in [-0.05, 0) is 22.6 Å². The number of aliphatic hydroxyl groups is 1. The summed E-state index contributed by atoms with van der Waals surface area (Å²) in [6.07, 6.45) is 0. The number of nitrogens with zero attached hydrogens (tertiary/aromatic N) is 4. The number of benzene rings is 1. The molecule has 0 unspecified atom stereocenters. The van der Waals surface area contributed by atoms with E-state index in [0.717, 1.165) is 9.36 Å². The SMILES string of the molecule is Cn1nnn(-c2cccc(O)c2CO)c1=O. The number of hydrogen-bond donors (Lipinski definition) is 2. The predicted octanol–water partition coefficient (Wildman–Crippen LogP) is -0.836. The zero-order valence-electron chi connectivity index (χ0n) is 8.53. The summed E-state index contributed by atoms with van der Waals surface area (Å²) in [7, 11) is 1.47. The first kappa shape index (κ1) is 10.4. The molecule has 0 spiro atoms. The van der Waals surface area contributed by atoms with Crippen molar-refractivity contribution < 1.29 is 10.2 Å². The first-order chi connectivity index (χ1) is 7.65. The van der Waals surface area contributed by atoms with Crippen LogP contribution in [0.5, 0.6) is 5.75 Å². The van der Waals surface area contributed by atoms with Gasteiger partial charge in [0.15, 0.2) is 0 Å². The Labute approximate surface area is 90.2 Å². The van der Waals surface area contributed by atoms with Gasteiger partial charge >= 0.3 is 5.69 Å². The molecule has 2 rings (SSSR count). The molecule has 0 atom stereocenters. The third-order valence-electron chi connectivity index (χ3n) is 2.23. The molecule has 84 valence electrons. The Morgan fingerprint density at radius 3 is 2.69 bits per heavy atom. The minimum atomic E-state index is -0.444. The van der Waals surface area contributed by atoms with Crippen LogP contribution >= 0.6 is 0 Å². The molecular formula is C9H10N4O3. The Hall–Kier alpha value is -2.15. The number of tetrazole rings is 1. The highest BCUT2D eigenvalue weighted by atomic mass is 16.3. The van der Waals surface area contributed by atoms with Gasteiger partial charge in [-0.15, -0.1) is 0 Å². The van der Waals surface area contributed by atoms with Gasteiger partial charge < -0.3 is 10.2 Å². The maximum Gasteiger partial charge on any atom is 0.368 e. The highest BCUT2D eigenvalue weighted by Crippen LogP contribution is 2.22. The van der Waals surface area contributed by atoms with Gasteiger partial charge in [0, 0.05) is 12.6 Å². The lowest BCUT2D eigenvalue weighted by Gasteiger charge is -2.06. The van der Waals surface area contributed by atoms with Crippen LogP contribution in [0, 0.1) is 0 Å². The van der Waals surface area contributed by atoms with Crippen LogP contribution in [0.3, 0.4) is 0 Å². The largest absolute Gasteiger partial charge is 0.508 e. The molecule has 0 aliphatic rings. The Kier molecular flexibility index (Phi) is 2.45. The lowest BCUT2D eigenvalue weighted by atomic mass is 10.1. The Morgan fingerprint density at radius 1 is 1.38 bits per heavy atom. The van der Waals surface area contributed by atoms with Crippen molar-refractivity contribution in [2.24, 2.45) is 7.05 Å². The van der Waals surface area contributed by atoms with Crippen molar-refractivity contribution >= 4 is 0 Å². The molecule has 0 bridgehead atoms. The highest BCUT2D eigenvalue weighted by Gasteiger charge is 2.12. The summed E-state index contributed by atoms with van der Waals surface area (Å²) < 4.78 is 2.08. The quantitative estimate of drug-likeness (QED) is 0.691. The molecule has 2 N–H and O–H groups in total. The molecule has 7 nitrogen and oxygen atoms in total. The molecule has 0 amide bonds. The summed E-state index contributed by atoms with van der Waals surface area (Å²) in [5, 5.41) is 25.8. The molecule has 0 saturated heterocycles. The van der Waals surface area contributed by atoms with E-state index in [1.807, 2.05) is 0 Å². The van der Waals surface area contributed by atoms with E-state index in [1.54, 1.807) is 12.1 Å². The molecule has 0 aliphatic carbocycles. The fourth-order valence-electron chi connectivity index (χ4n) is 1.39. The summed E-state index contributed by atoms with van der Waals surface area (Å²) in [6.45, 7) is -0.384. The van der Waals surface area contributed by atoms with Gasteiger partial charge in [-0.1, -0.05) is 6.07 Å². The van der Waals surface area contributed by atoms with Crippen LogP contribution in [0.15, 0.2) is 23.0 Å². The van der Waals surface area contributed by atoms with Gasteiger partial charge in [0.1, 0.15) is 5.75 Å². The topological polar surface area (TPSA) is 93.2 Å². The lowest BCUT2D eigenvalue weighted by Crippen LogP contribution is -2.22. The summed E-state index contributed by atoms with van der Waals surface area (Å²) in [5.41, 5.74) is 0.117. The third kappa shape index (κ3) is 1.47. The van der Waals surface area contributed by atoms with E-state index in [1.165, 1.54) is 13.1 Å². The zero-order chi connectivity index (χ0) is 11.7. The number of aromatic nitrogens is 4. The molecule has 16 heavy (non-hydrogen) atoms. The molecule has 2 aromatic rings. The first-order valence-corrected chi connectivity index (χ1v) is 4.56. The van der Waals surface area contributed by atoms with E-state index in [2.05, 4.69) is 10.4 Å². The van der Waals surface area contributed by atoms with Crippen LogP contribution in [0.1, 0.15) is 5.56 Å². The summed E-state index contributed by atoms with van der Waals surface area (Å²) in [5.74, 6) is -0.0856. The van der Waals surface area contributed by atoms with Crippen molar-refractivity contribution in [3.8, 4) is 11.4 Å². The number of phenols is 1. The van der Waals surface area contributed by atoms with Crippen LogP contribution in [-0.4, -0.2) is 30.0 Å². The Bertz CT molecular complexity index is 572. The Balaban J connectivity index is 2.69. The van der Waals surface area contributed by atoms with Crippen molar-refractivity contribution in [1.29, 1.82) is 0 Å². The van der Waals surface area contributed by atoms with E-state index in [4.69, 9.17) is 5.11 Å². The molecule has 0 fully saturated rings. The van der Waals surface area contributed by atoms with Crippen molar-refractivity contribution in [1.82, 2.24) is 19.8 Å². The fraction of sp³-hybridized carbons (Fsp3) is 0.222. The molecule has 0 saturated carbocycles. The van der Waals surface area contributed by atoms with E-state index in [-0.39, 0.29) is 17.9 Å². The van der Waals surface area contributed by atoms with E-state index < -0.39 is 5.69 Å². The van der Waals surface area contributed by atoms with E-state index in [0.29, 0.717) is 5.69 Å². The average molecular weight is 222 g/mol. The second-order valence-corrected chi connectivity index (χ2v) is 3.23. The number of aryl methyl sites for hydroxylation is 1. The van der Waals surface area contributed by atoms with Gasteiger partial charge in [0.2, 0.25) is 0 Å². The van der Waals surface area contributed by atoms with Crippen LogP contribution in [-0.2, 0) is 13.7 Å². The molecule has 1 aromatic carbocycles. The fourth-order valence-corrected chi connectivity index (χ4v) is 1.39. The van der Waals surface area contributed by atoms with Crippen LogP contribution in [0.25, 0.3) is 5.69 Å². The van der Waals surface area contributed by atoms with Crippen LogP contribution in [0.2, 0.25) is 0 Å². The van der Waals surface area contributed by atoms with Gasteiger partial charge in [-0.25, -0.2) is 4.79 Å². The predicted molar refractivity (Wildman–Crippen MR) is 54.2 cm³/mol. The second-order valence-electron chi connectivity index (χ2n) is 3.23. The molecule has 7 heteroatoms. The third-order valence-corrected chi connectivity index (χ3v) is 2.23. The monoisotopic (exact) mass is 222 g/mol. The smallest absolute Gasteiger partial charge is 0.368 e. The van der Waals surface area contributed by atoms with Crippen molar-refractivity contribution in [2.75, 3.05) is 0 Å². The van der Waals surface area contributed by atoms with Crippen molar-refractivity contribution in [3.63, 3.8) is 0 Å². The highest BCUT2D eigenvalue weighted by molar-refractivity contribution is 5.47. The van der Waals surface area contributed by atoms with Crippen LogP contribution in [0.4, 0.5) is 0 Å². The summed E-state index contributed by atoms with van der Waals surface area (Å²) in [6, 6.07) is 4.56. The van der Waals surface area contributed by atoms with Gasteiger partial charge in [-0.3, -0.25) is 0 Å². The minimum absolute atomic E-state index is 0.0856. The Morgan fingerprint density at radius 2 is 2.12 bits per heavy atom. The zero-order valence-corrected chi connectivity index (χ0v) is 8.53. The molecule has 1 aromatic heterocycles. The number of rotatable bonds is 2. The van der Waals surface area contributed by atoms with Gasteiger partial charge in [0.05, 0.1) is 12.3 Å². The maximum absolute atomic E-state index is 11.6. The van der Waals surface area contributed by atoms with Gasteiger partial charge in [-0.2, -0.15) is 9.36 Å². The molecule has 0 aliphatic heterocycles. The summed E-state index contributed by atoms with van der Waals surface area (Å²) >= 11 is 0. The molecular weight excluding hydrogens is 212 g/mol. The number of aliphatic hydroxyl groups excluding tert-OH is 1. The number of aromatic hydroxyl groups is 1. The molecule has 1 heterocycles. The first-order valence-electron chi connectivity index (χ1n) is 4.56. The van der Waals surface area contributed by atoms with E-state index >= 15 is 0 Å². The van der Waals surface area contributed by atoms with Crippen molar-refractivity contribution in [3.05, 3.63) is 34.2 Å². The van der Waals surface area contributed by atoms with Crippen molar-refractivity contribution in [2.45, 2.75) is 6.61 Å². The van der Waals surface area contributed by atoms with Gasteiger partial charge in [0.25, 0.3) is 0 Å². The second kappa shape index (κ2) is 3.78. The van der Waals surface area contributed by atoms with E-state index in [9.17, 15) is 9.90 Å². The number of hydrogen-bond acceptors (Lipinski definition) is 5. The minimum Gasteiger partial charge on any atom is -0.508 e. The molecule has 0 radical (unpaired) electrons. The standard InChI is InChI=1S/C9H10N4O3/c1-12-9(16)13(11-10-12)7-3-2-4-8(15)6(7)5-14/h2-4,14-15H,5H2,1H3. The maximum atomic E-state index is 11.6.